The quantitative estimate of drug-likeness (QED) is 0.341. The van der Waals surface area contributed by atoms with Gasteiger partial charge < -0.3 is 20.9 Å². The molecule has 0 spiro atoms. The first-order chi connectivity index (χ1) is 8.45. The zero-order valence-corrected chi connectivity index (χ0v) is 10.4. The molecule has 0 saturated heterocycles. The van der Waals surface area contributed by atoms with Crippen LogP contribution in [0, 0.1) is 0 Å². The highest BCUT2D eigenvalue weighted by atomic mass is 16.6. The molecule has 0 aromatic heterocycles. The Morgan fingerprint density at radius 3 is 2.11 bits per heavy atom. The van der Waals surface area contributed by atoms with Gasteiger partial charge in [-0.05, 0) is 6.92 Å². The first kappa shape index (κ1) is 16.3. The summed E-state index contributed by atoms with van der Waals surface area (Å²) in [5, 5.41) is 0. The molecule has 8 nitrogen and oxygen atoms in total. The van der Waals surface area contributed by atoms with E-state index in [0.29, 0.717) is 0 Å². The maximum absolute atomic E-state index is 10.9. The van der Waals surface area contributed by atoms with E-state index < -0.39 is 17.8 Å². The molecule has 0 radical (unpaired) electrons. The Labute approximate surface area is 105 Å². The maximum atomic E-state index is 10.9. The molecule has 0 atom stereocenters. The van der Waals surface area contributed by atoms with Crippen LogP contribution in [0.1, 0.15) is 6.92 Å². The van der Waals surface area contributed by atoms with Crippen LogP contribution in [0.25, 0.3) is 0 Å². The Kier molecular flexibility index (Phi) is 8.50. The SMILES string of the molecule is CCOC(=O)COCCN(CC(N)=O)CC(N)=O. The van der Waals surface area contributed by atoms with E-state index in [1.54, 1.807) is 6.92 Å². The Morgan fingerprint density at radius 1 is 1.11 bits per heavy atom. The van der Waals surface area contributed by atoms with Gasteiger partial charge in [0, 0.05) is 6.54 Å². The number of nitrogens with two attached hydrogens (primary N) is 2. The average Bonchev–Trinajstić information content (AvgIpc) is 2.23. The summed E-state index contributed by atoms with van der Waals surface area (Å²) in [6.07, 6.45) is 0. The summed E-state index contributed by atoms with van der Waals surface area (Å²) in [5.74, 6) is -1.60. The molecule has 0 aliphatic heterocycles. The van der Waals surface area contributed by atoms with Gasteiger partial charge in [0.2, 0.25) is 11.8 Å². The molecular weight excluding hydrogens is 242 g/mol. The van der Waals surface area contributed by atoms with Crippen LogP contribution in [0.2, 0.25) is 0 Å². The highest BCUT2D eigenvalue weighted by Crippen LogP contribution is 1.89. The maximum Gasteiger partial charge on any atom is 0.332 e. The topological polar surface area (TPSA) is 125 Å². The van der Waals surface area contributed by atoms with Crippen molar-refractivity contribution in [1.82, 2.24) is 4.90 Å². The minimum atomic E-state index is -0.568. The molecule has 2 amide bonds. The third-order valence-corrected chi connectivity index (χ3v) is 1.84. The van der Waals surface area contributed by atoms with Crippen LogP contribution in [0.5, 0.6) is 0 Å². The molecule has 8 heteroatoms. The van der Waals surface area contributed by atoms with Crippen molar-refractivity contribution in [2.45, 2.75) is 6.92 Å². The van der Waals surface area contributed by atoms with Gasteiger partial charge >= 0.3 is 5.97 Å². The second-order valence-electron chi connectivity index (χ2n) is 3.50. The molecule has 0 aromatic rings. The van der Waals surface area contributed by atoms with Gasteiger partial charge in [0.05, 0.1) is 26.3 Å². The van der Waals surface area contributed by atoms with Crippen molar-refractivity contribution < 1.29 is 23.9 Å². The number of esters is 1. The van der Waals surface area contributed by atoms with E-state index in [9.17, 15) is 14.4 Å². The van der Waals surface area contributed by atoms with Crippen molar-refractivity contribution >= 4 is 17.8 Å². The largest absolute Gasteiger partial charge is 0.464 e. The standard InChI is InChI=1S/C10H19N3O5/c1-2-18-10(16)7-17-4-3-13(5-8(11)14)6-9(12)15/h2-7H2,1H3,(H2,11,14)(H2,12,15). The Hall–Kier alpha value is -1.67. The smallest absolute Gasteiger partial charge is 0.332 e. The molecular formula is C10H19N3O5. The Morgan fingerprint density at radius 2 is 1.67 bits per heavy atom. The molecule has 18 heavy (non-hydrogen) atoms. The molecule has 0 unspecified atom stereocenters. The van der Waals surface area contributed by atoms with Crippen LogP contribution in [0.15, 0.2) is 0 Å². The van der Waals surface area contributed by atoms with E-state index in [1.807, 2.05) is 0 Å². The lowest BCUT2D eigenvalue weighted by Crippen LogP contribution is -2.41. The van der Waals surface area contributed by atoms with Crippen LogP contribution in [0.3, 0.4) is 0 Å². The molecule has 0 saturated carbocycles. The first-order valence-corrected chi connectivity index (χ1v) is 5.48. The number of amides is 2. The molecule has 0 aromatic carbocycles. The summed E-state index contributed by atoms with van der Waals surface area (Å²) in [7, 11) is 0. The number of primary amides is 2. The number of rotatable bonds is 10. The normalized spacial score (nSPS) is 10.3. The Bertz CT molecular complexity index is 279. The fourth-order valence-corrected chi connectivity index (χ4v) is 1.21. The highest BCUT2D eigenvalue weighted by molar-refractivity contribution is 5.79. The van der Waals surface area contributed by atoms with E-state index in [-0.39, 0.29) is 39.5 Å². The van der Waals surface area contributed by atoms with E-state index in [2.05, 4.69) is 4.74 Å². The van der Waals surface area contributed by atoms with Crippen molar-refractivity contribution in [3.05, 3.63) is 0 Å². The first-order valence-electron chi connectivity index (χ1n) is 5.48. The lowest BCUT2D eigenvalue weighted by atomic mass is 10.4. The number of nitrogens with zero attached hydrogens (tertiary/aromatic N) is 1. The van der Waals surface area contributed by atoms with E-state index in [0.717, 1.165) is 0 Å². The molecule has 4 N–H and O–H groups in total. The van der Waals surface area contributed by atoms with Crippen molar-refractivity contribution in [3.63, 3.8) is 0 Å². The van der Waals surface area contributed by atoms with Gasteiger partial charge in [0.25, 0.3) is 0 Å². The lowest BCUT2D eigenvalue weighted by molar-refractivity contribution is -0.148. The second-order valence-corrected chi connectivity index (χ2v) is 3.50. The second kappa shape index (κ2) is 9.37. The minimum Gasteiger partial charge on any atom is -0.464 e. The van der Waals surface area contributed by atoms with Gasteiger partial charge in [0.15, 0.2) is 0 Å². The summed E-state index contributed by atoms with van der Waals surface area (Å²) in [4.78, 5) is 33.8. The summed E-state index contributed by atoms with van der Waals surface area (Å²) in [6, 6.07) is 0. The predicted octanol–water partition coefficient (Wildman–Crippen LogP) is -2.16. The van der Waals surface area contributed by atoms with Crippen LogP contribution >= 0.6 is 0 Å². The molecule has 0 heterocycles. The fourth-order valence-electron chi connectivity index (χ4n) is 1.21. The average molecular weight is 261 g/mol. The van der Waals surface area contributed by atoms with E-state index in [4.69, 9.17) is 16.2 Å². The number of carbonyl (C=O) groups is 3. The number of carbonyl (C=O) groups excluding carboxylic acids is 3. The van der Waals surface area contributed by atoms with Crippen molar-refractivity contribution in [2.24, 2.45) is 11.5 Å². The van der Waals surface area contributed by atoms with Gasteiger partial charge in [-0.2, -0.15) is 0 Å². The summed E-state index contributed by atoms with van der Waals surface area (Å²) < 4.78 is 9.67. The lowest BCUT2D eigenvalue weighted by Gasteiger charge is -2.18. The number of ether oxygens (including phenoxy) is 2. The van der Waals surface area contributed by atoms with Crippen molar-refractivity contribution in [3.8, 4) is 0 Å². The monoisotopic (exact) mass is 261 g/mol. The summed E-state index contributed by atoms with van der Waals surface area (Å²) >= 11 is 0. The van der Waals surface area contributed by atoms with Crippen LogP contribution in [-0.4, -0.2) is 62.1 Å². The van der Waals surface area contributed by atoms with Gasteiger partial charge in [-0.25, -0.2) is 4.79 Å². The van der Waals surface area contributed by atoms with Crippen LogP contribution < -0.4 is 11.5 Å². The Balaban J connectivity index is 3.85. The third-order valence-electron chi connectivity index (χ3n) is 1.84. The van der Waals surface area contributed by atoms with Gasteiger partial charge in [-0.1, -0.05) is 0 Å². The number of hydrogen-bond acceptors (Lipinski definition) is 6. The fraction of sp³-hybridized carbons (Fsp3) is 0.700. The summed E-state index contributed by atoms with van der Waals surface area (Å²) in [6.45, 7) is 2.06. The third kappa shape index (κ3) is 9.55. The molecule has 0 aliphatic carbocycles. The highest BCUT2D eigenvalue weighted by Gasteiger charge is 2.11. The predicted molar refractivity (Wildman–Crippen MR) is 62.3 cm³/mol. The van der Waals surface area contributed by atoms with E-state index in [1.165, 1.54) is 4.90 Å². The van der Waals surface area contributed by atoms with Crippen LogP contribution in [-0.2, 0) is 23.9 Å². The van der Waals surface area contributed by atoms with Gasteiger partial charge in [-0.15, -0.1) is 0 Å². The summed E-state index contributed by atoms with van der Waals surface area (Å²) in [5.41, 5.74) is 10.0. The van der Waals surface area contributed by atoms with Crippen molar-refractivity contribution in [1.29, 1.82) is 0 Å². The molecule has 104 valence electrons. The zero-order valence-electron chi connectivity index (χ0n) is 10.4. The van der Waals surface area contributed by atoms with Crippen LogP contribution in [0.4, 0.5) is 0 Å². The van der Waals surface area contributed by atoms with Gasteiger partial charge in [-0.3, -0.25) is 14.5 Å². The van der Waals surface area contributed by atoms with E-state index >= 15 is 0 Å². The molecule has 0 rings (SSSR count). The van der Waals surface area contributed by atoms with Crippen molar-refractivity contribution in [2.75, 3.05) is 39.5 Å². The zero-order chi connectivity index (χ0) is 14.0. The number of hydrogen-bond donors (Lipinski definition) is 2. The molecule has 0 fully saturated rings. The molecule has 0 bridgehead atoms. The minimum absolute atomic E-state index is 0.0916. The molecule has 0 aliphatic rings. The van der Waals surface area contributed by atoms with Gasteiger partial charge in [0.1, 0.15) is 6.61 Å².